The molecule has 1 aliphatic rings. The van der Waals surface area contributed by atoms with Gasteiger partial charge in [0.2, 0.25) is 0 Å². The molecule has 154 valence electrons. The van der Waals surface area contributed by atoms with Crippen LogP contribution in [0.1, 0.15) is 35.3 Å². The van der Waals surface area contributed by atoms with Gasteiger partial charge in [-0.1, -0.05) is 18.2 Å². The normalized spacial score (nSPS) is 14.9. The van der Waals surface area contributed by atoms with Crippen LogP contribution in [0.15, 0.2) is 36.5 Å². The molecule has 4 aromatic rings. The molecule has 5 rings (SSSR count). The Balaban J connectivity index is 1.70. The first-order valence-corrected chi connectivity index (χ1v) is 9.81. The van der Waals surface area contributed by atoms with Gasteiger partial charge in [0.1, 0.15) is 11.9 Å². The molecule has 1 amide bonds. The Hall–Kier alpha value is -3.50. The van der Waals surface area contributed by atoms with Gasteiger partial charge >= 0.3 is 0 Å². The number of imidazole rings is 1. The molecule has 4 N–H and O–H groups in total. The van der Waals surface area contributed by atoms with Crippen LogP contribution in [0.4, 0.5) is 5.69 Å². The van der Waals surface area contributed by atoms with Crippen molar-refractivity contribution in [2.45, 2.75) is 25.1 Å². The van der Waals surface area contributed by atoms with E-state index in [4.69, 9.17) is 5.10 Å². The number of rotatable bonds is 6. The third-order valence-electron chi connectivity index (χ3n) is 5.25. The Labute approximate surface area is 171 Å². The van der Waals surface area contributed by atoms with Crippen LogP contribution in [0.2, 0.25) is 0 Å². The molecule has 0 aliphatic heterocycles. The van der Waals surface area contributed by atoms with Crippen LogP contribution in [0.5, 0.6) is 0 Å². The maximum atomic E-state index is 12.3. The van der Waals surface area contributed by atoms with E-state index in [9.17, 15) is 9.90 Å². The molecule has 3 aromatic heterocycles. The number of hydrogen-bond donors (Lipinski definition) is 4. The molecule has 0 radical (unpaired) electrons. The molecule has 10 heteroatoms. The lowest BCUT2D eigenvalue weighted by atomic mass is 10.2. The smallest absolute Gasteiger partial charge is 0.272 e. The molecule has 0 bridgehead atoms. The quantitative estimate of drug-likeness (QED) is 0.355. The highest BCUT2D eigenvalue weighted by molar-refractivity contribution is 6.05. The number of aromatic nitrogens is 5. The van der Waals surface area contributed by atoms with E-state index in [0.717, 1.165) is 29.4 Å². The first-order valence-electron chi connectivity index (χ1n) is 9.81. The van der Waals surface area contributed by atoms with Crippen LogP contribution in [0.3, 0.4) is 0 Å². The number of aliphatic hydroxyl groups is 1. The second-order valence-corrected chi connectivity index (χ2v) is 7.28. The lowest BCUT2D eigenvalue weighted by Gasteiger charge is -2.13. The zero-order valence-corrected chi connectivity index (χ0v) is 16.6. The van der Waals surface area contributed by atoms with Gasteiger partial charge in [0.15, 0.2) is 17.2 Å². The largest absolute Gasteiger partial charge is 0.385 e. The average molecular weight is 406 g/mol. The predicted octanol–water partition coefficient (Wildman–Crippen LogP) is 1.21. The number of fused-ring (bicyclic) bond motifs is 2. The number of aliphatic hydroxyl groups excluding tert-OH is 1. The maximum Gasteiger partial charge on any atom is 0.272 e. The summed E-state index contributed by atoms with van der Waals surface area (Å²) >= 11 is 0. The minimum Gasteiger partial charge on any atom is -0.385 e. The number of amides is 1. The summed E-state index contributed by atoms with van der Waals surface area (Å²) in [6.45, 7) is 0. The number of hydrogen-bond acceptors (Lipinski definition) is 7. The molecule has 0 saturated heterocycles. The van der Waals surface area contributed by atoms with Crippen molar-refractivity contribution in [2.75, 3.05) is 19.4 Å². The van der Waals surface area contributed by atoms with E-state index in [1.54, 1.807) is 29.5 Å². The van der Waals surface area contributed by atoms with Crippen molar-refractivity contribution in [1.29, 1.82) is 0 Å². The topological polar surface area (TPSA) is 121 Å². The average Bonchev–Trinajstić information content (AvgIpc) is 3.34. The number of nitrogens with one attached hydrogen (secondary N) is 3. The van der Waals surface area contributed by atoms with Crippen molar-refractivity contribution in [2.24, 2.45) is 0 Å². The fourth-order valence-electron chi connectivity index (χ4n) is 3.53. The van der Waals surface area contributed by atoms with Crippen LogP contribution in [-0.2, 0) is 0 Å². The molecule has 30 heavy (non-hydrogen) atoms. The van der Waals surface area contributed by atoms with Gasteiger partial charge in [-0.25, -0.2) is 14.2 Å². The zero-order chi connectivity index (χ0) is 20.8. The number of nitrogens with zero attached hydrogens (tertiary/aromatic N) is 5. The maximum absolute atomic E-state index is 12.3. The van der Waals surface area contributed by atoms with Crippen LogP contribution < -0.4 is 16.0 Å². The highest BCUT2D eigenvalue weighted by atomic mass is 16.3. The van der Waals surface area contributed by atoms with E-state index in [-0.39, 0.29) is 5.91 Å². The molecule has 10 nitrogen and oxygen atoms in total. The third-order valence-corrected chi connectivity index (χ3v) is 5.25. The highest BCUT2D eigenvalue weighted by Crippen LogP contribution is 2.27. The van der Waals surface area contributed by atoms with Gasteiger partial charge in [-0.3, -0.25) is 10.1 Å². The predicted molar refractivity (Wildman–Crippen MR) is 112 cm³/mol. The van der Waals surface area contributed by atoms with Crippen LogP contribution in [-0.4, -0.2) is 55.5 Å². The second-order valence-electron chi connectivity index (χ2n) is 7.28. The van der Waals surface area contributed by atoms with Crippen molar-refractivity contribution in [3.8, 4) is 5.82 Å². The molecule has 1 fully saturated rings. The van der Waals surface area contributed by atoms with Crippen LogP contribution in [0.25, 0.3) is 22.4 Å². The molecular weight excluding hydrogens is 384 g/mol. The molecule has 1 aliphatic carbocycles. The van der Waals surface area contributed by atoms with E-state index >= 15 is 0 Å². The first-order chi connectivity index (χ1) is 14.6. The summed E-state index contributed by atoms with van der Waals surface area (Å²) < 4.78 is 3.24. The summed E-state index contributed by atoms with van der Waals surface area (Å²) in [5.41, 5.74) is 2.94. The molecule has 1 saturated carbocycles. The molecule has 1 aromatic carbocycles. The summed E-state index contributed by atoms with van der Waals surface area (Å²) in [5, 5.41) is 29.5. The Kier molecular flexibility index (Phi) is 4.37. The lowest BCUT2D eigenvalue weighted by molar-refractivity contribution is 0.0959. The minimum atomic E-state index is -0.879. The van der Waals surface area contributed by atoms with Crippen LogP contribution in [0, 0.1) is 0 Å². The number of benzene rings is 1. The fourth-order valence-corrected chi connectivity index (χ4v) is 3.53. The van der Waals surface area contributed by atoms with Gasteiger partial charge in [-0.05, 0) is 18.9 Å². The van der Waals surface area contributed by atoms with Gasteiger partial charge in [-0.15, -0.1) is 5.10 Å². The van der Waals surface area contributed by atoms with Gasteiger partial charge in [0.05, 0.1) is 17.4 Å². The fraction of sp³-hybridized carbons (Fsp3) is 0.300. The van der Waals surface area contributed by atoms with Crippen molar-refractivity contribution in [3.63, 3.8) is 0 Å². The van der Waals surface area contributed by atoms with Gasteiger partial charge < -0.3 is 15.7 Å². The zero-order valence-electron chi connectivity index (χ0n) is 16.6. The number of anilines is 1. The summed E-state index contributed by atoms with van der Waals surface area (Å²) in [6.07, 6.45) is 2.84. The van der Waals surface area contributed by atoms with Gasteiger partial charge in [0, 0.05) is 31.6 Å². The van der Waals surface area contributed by atoms with E-state index in [2.05, 4.69) is 26.0 Å². The minimum absolute atomic E-state index is 0.271. The number of carbonyl (C=O) groups excluding carboxylic acids is 1. The van der Waals surface area contributed by atoms with Crippen molar-refractivity contribution < 1.29 is 9.90 Å². The monoisotopic (exact) mass is 406 g/mol. The van der Waals surface area contributed by atoms with E-state index in [0.29, 0.717) is 28.9 Å². The molecule has 1 atom stereocenters. The standard InChI is InChI=1S/C20H22N8O2/c1-21-13-9-16(25-28-15(10-23-18(13)28)19(29)24-11-7-8-11)27-14-6-4-3-5-12(14)17(26-27)20(30)22-2/h3-6,9-11,19,21,24,29H,7-8H2,1-2H3,(H,22,30). The van der Waals surface area contributed by atoms with Crippen LogP contribution >= 0.6 is 0 Å². The van der Waals surface area contributed by atoms with Crippen molar-refractivity contribution in [3.05, 3.63) is 47.9 Å². The van der Waals surface area contributed by atoms with Crippen molar-refractivity contribution in [1.82, 2.24) is 35.0 Å². The lowest BCUT2D eigenvalue weighted by Crippen LogP contribution is -2.24. The van der Waals surface area contributed by atoms with Gasteiger partial charge in [0.25, 0.3) is 5.91 Å². The van der Waals surface area contributed by atoms with Gasteiger partial charge in [-0.2, -0.15) is 5.10 Å². The summed E-state index contributed by atoms with van der Waals surface area (Å²) in [7, 11) is 3.37. The Morgan fingerprint density at radius 2 is 2.03 bits per heavy atom. The second kappa shape index (κ2) is 7.08. The Morgan fingerprint density at radius 3 is 2.77 bits per heavy atom. The van der Waals surface area contributed by atoms with Crippen molar-refractivity contribution >= 4 is 28.1 Å². The molecule has 3 heterocycles. The number of para-hydroxylation sites is 1. The Morgan fingerprint density at radius 1 is 1.23 bits per heavy atom. The SMILES string of the molecule is CNC(=O)c1nn(-c2cc(NC)c3ncc(C(O)NC4CC4)n3n2)c2ccccc12. The molecule has 0 spiro atoms. The molecular formula is C20H22N8O2. The van der Waals surface area contributed by atoms with E-state index in [1.165, 1.54) is 0 Å². The summed E-state index contributed by atoms with van der Waals surface area (Å²) in [6, 6.07) is 9.63. The van der Waals surface area contributed by atoms with E-state index in [1.807, 2.05) is 30.3 Å². The molecule has 1 unspecified atom stereocenters. The van der Waals surface area contributed by atoms with E-state index < -0.39 is 6.23 Å². The highest BCUT2D eigenvalue weighted by Gasteiger charge is 2.27. The first kappa shape index (κ1) is 18.5. The number of carbonyl (C=O) groups is 1. The third kappa shape index (κ3) is 2.97. The Bertz CT molecular complexity index is 1260. The summed E-state index contributed by atoms with van der Waals surface area (Å²) in [5.74, 6) is 0.225. The summed E-state index contributed by atoms with van der Waals surface area (Å²) in [4.78, 5) is 16.8.